The highest BCUT2D eigenvalue weighted by Crippen LogP contribution is 2.16. The van der Waals surface area contributed by atoms with Gasteiger partial charge in [0.1, 0.15) is 0 Å². The first kappa shape index (κ1) is 12.4. The lowest BCUT2D eigenvalue weighted by molar-refractivity contribution is 0.104. The Labute approximate surface area is 118 Å². The number of hydrogen-bond donors (Lipinski definition) is 0. The maximum absolute atomic E-state index is 12.0. The molecule has 3 aromatic carbocycles. The molecule has 1 heteroatoms. The third-order valence-corrected chi connectivity index (χ3v) is 3.26. The Morgan fingerprint density at radius 3 is 2.25 bits per heavy atom. The van der Waals surface area contributed by atoms with Crippen LogP contribution in [0.25, 0.3) is 16.8 Å². The molecule has 96 valence electrons. The van der Waals surface area contributed by atoms with Gasteiger partial charge in [0.15, 0.2) is 5.78 Å². The molecule has 0 fully saturated rings. The van der Waals surface area contributed by atoms with Gasteiger partial charge in [-0.3, -0.25) is 4.79 Å². The van der Waals surface area contributed by atoms with Crippen LogP contribution in [0.5, 0.6) is 0 Å². The second kappa shape index (κ2) is 5.54. The van der Waals surface area contributed by atoms with Crippen LogP contribution in [0, 0.1) is 0 Å². The first-order valence-electron chi connectivity index (χ1n) is 6.59. The molecule has 0 aromatic heterocycles. The summed E-state index contributed by atoms with van der Waals surface area (Å²) >= 11 is 0. The largest absolute Gasteiger partial charge is 0.289 e. The summed E-state index contributed by atoms with van der Waals surface area (Å²) in [5.74, 6) is 0.0266. The number of benzene rings is 3. The second-order valence-corrected chi connectivity index (χ2v) is 4.67. The van der Waals surface area contributed by atoms with Gasteiger partial charge in [0.2, 0.25) is 0 Å². The summed E-state index contributed by atoms with van der Waals surface area (Å²) in [6.45, 7) is 0. The van der Waals surface area contributed by atoms with Crippen molar-refractivity contribution in [2.75, 3.05) is 0 Å². The first-order valence-corrected chi connectivity index (χ1v) is 6.59. The molecule has 1 nitrogen and oxygen atoms in total. The van der Waals surface area contributed by atoms with Crippen molar-refractivity contribution in [2.24, 2.45) is 0 Å². The molecule has 0 bridgehead atoms. The summed E-state index contributed by atoms with van der Waals surface area (Å²) in [7, 11) is 0. The van der Waals surface area contributed by atoms with E-state index in [1.165, 1.54) is 10.8 Å². The zero-order valence-electron chi connectivity index (χ0n) is 11.0. The molecule has 0 aliphatic rings. The molecule has 0 heterocycles. The fourth-order valence-corrected chi connectivity index (χ4v) is 2.18. The predicted octanol–water partition coefficient (Wildman–Crippen LogP) is 4.74. The molecular formula is C19H14O. The van der Waals surface area contributed by atoms with Gasteiger partial charge in [0.25, 0.3) is 0 Å². The van der Waals surface area contributed by atoms with Crippen LogP contribution in [0.3, 0.4) is 0 Å². The summed E-state index contributed by atoms with van der Waals surface area (Å²) in [5.41, 5.74) is 1.75. The molecule has 0 amide bonds. The van der Waals surface area contributed by atoms with E-state index in [0.29, 0.717) is 5.56 Å². The van der Waals surface area contributed by atoms with Gasteiger partial charge in [-0.2, -0.15) is 0 Å². The minimum absolute atomic E-state index is 0.0266. The maximum atomic E-state index is 12.0. The number of fused-ring (bicyclic) bond motifs is 1. The zero-order chi connectivity index (χ0) is 13.8. The van der Waals surface area contributed by atoms with Gasteiger partial charge in [-0.25, -0.2) is 0 Å². The van der Waals surface area contributed by atoms with Crippen LogP contribution in [-0.2, 0) is 0 Å². The third kappa shape index (κ3) is 2.67. The van der Waals surface area contributed by atoms with Crippen LogP contribution in [0.4, 0.5) is 0 Å². The summed E-state index contributed by atoms with van der Waals surface area (Å²) in [4.78, 5) is 12.0. The van der Waals surface area contributed by atoms with Crippen LogP contribution >= 0.6 is 0 Å². The van der Waals surface area contributed by atoms with E-state index in [1.807, 2.05) is 54.6 Å². The van der Waals surface area contributed by atoms with Crippen LogP contribution < -0.4 is 0 Å². The Morgan fingerprint density at radius 2 is 1.45 bits per heavy atom. The molecule has 0 saturated heterocycles. The van der Waals surface area contributed by atoms with Gasteiger partial charge in [-0.05, 0) is 28.5 Å². The van der Waals surface area contributed by atoms with Crippen molar-refractivity contribution < 1.29 is 4.79 Å². The number of hydrogen-bond acceptors (Lipinski definition) is 1. The molecule has 0 spiro atoms. The molecule has 0 saturated carbocycles. The van der Waals surface area contributed by atoms with Crippen molar-refractivity contribution in [3.05, 3.63) is 90.0 Å². The van der Waals surface area contributed by atoms with Gasteiger partial charge in [0, 0.05) is 5.56 Å². The van der Waals surface area contributed by atoms with Gasteiger partial charge >= 0.3 is 0 Å². The average Bonchev–Trinajstić information content (AvgIpc) is 2.53. The first-order chi connectivity index (χ1) is 9.83. The highest BCUT2D eigenvalue weighted by Gasteiger charge is 1.99. The van der Waals surface area contributed by atoms with Crippen molar-refractivity contribution in [3.63, 3.8) is 0 Å². The molecule has 3 rings (SSSR count). The molecule has 0 aliphatic carbocycles. The average molecular weight is 258 g/mol. The van der Waals surface area contributed by atoms with Crippen molar-refractivity contribution in [3.8, 4) is 0 Å². The van der Waals surface area contributed by atoms with Gasteiger partial charge in [-0.15, -0.1) is 0 Å². The maximum Gasteiger partial charge on any atom is 0.185 e. The number of allylic oxidation sites excluding steroid dienone is 1. The Bertz CT molecular complexity index is 770. The van der Waals surface area contributed by atoms with Crippen molar-refractivity contribution in [1.29, 1.82) is 0 Å². The normalized spacial score (nSPS) is 11.0. The summed E-state index contributed by atoms with van der Waals surface area (Å²) in [6.07, 6.45) is 3.49. The third-order valence-electron chi connectivity index (χ3n) is 3.26. The number of ketones is 1. The minimum atomic E-state index is 0.0266. The quantitative estimate of drug-likeness (QED) is 0.490. The SMILES string of the molecule is O=C(/C=C/c1ccc2ccccc2c1)c1ccccc1. The van der Waals surface area contributed by atoms with E-state index in [-0.39, 0.29) is 5.78 Å². The zero-order valence-corrected chi connectivity index (χ0v) is 11.0. The predicted molar refractivity (Wildman–Crippen MR) is 83.8 cm³/mol. The Hall–Kier alpha value is -2.67. The van der Waals surface area contributed by atoms with E-state index in [2.05, 4.69) is 24.3 Å². The Kier molecular flexibility index (Phi) is 3.42. The topological polar surface area (TPSA) is 17.1 Å². The summed E-state index contributed by atoms with van der Waals surface area (Å²) in [5, 5.41) is 2.39. The molecular weight excluding hydrogens is 244 g/mol. The number of carbonyl (C=O) groups excluding carboxylic acids is 1. The fraction of sp³-hybridized carbons (Fsp3) is 0. The highest BCUT2D eigenvalue weighted by molar-refractivity contribution is 6.06. The Balaban J connectivity index is 1.85. The standard InChI is InChI=1S/C19H14O/c20-19(17-7-2-1-3-8-17)13-11-15-10-12-16-6-4-5-9-18(16)14-15/h1-14H/b13-11+. The molecule has 3 aromatic rings. The molecule has 0 N–H and O–H groups in total. The summed E-state index contributed by atoms with van der Waals surface area (Å²) < 4.78 is 0. The van der Waals surface area contributed by atoms with Crippen molar-refractivity contribution in [1.82, 2.24) is 0 Å². The van der Waals surface area contributed by atoms with E-state index in [0.717, 1.165) is 5.56 Å². The van der Waals surface area contributed by atoms with Crippen molar-refractivity contribution in [2.45, 2.75) is 0 Å². The van der Waals surface area contributed by atoms with E-state index >= 15 is 0 Å². The molecule has 0 aliphatic heterocycles. The number of rotatable bonds is 3. The molecule has 0 unspecified atom stereocenters. The number of carbonyl (C=O) groups is 1. The van der Waals surface area contributed by atoms with E-state index in [9.17, 15) is 4.79 Å². The van der Waals surface area contributed by atoms with E-state index in [4.69, 9.17) is 0 Å². The Morgan fingerprint density at radius 1 is 0.750 bits per heavy atom. The summed E-state index contributed by atoms with van der Waals surface area (Å²) in [6, 6.07) is 23.7. The van der Waals surface area contributed by atoms with Crippen LogP contribution in [0.2, 0.25) is 0 Å². The monoisotopic (exact) mass is 258 g/mol. The van der Waals surface area contributed by atoms with E-state index < -0.39 is 0 Å². The van der Waals surface area contributed by atoms with Gasteiger partial charge in [0.05, 0.1) is 0 Å². The van der Waals surface area contributed by atoms with E-state index in [1.54, 1.807) is 6.08 Å². The molecule has 0 radical (unpaired) electrons. The highest BCUT2D eigenvalue weighted by atomic mass is 16.1. The minimum Gasteiger partial charge on any atom is -0.289 e. The smallest absolute Gasteiger partial charge is 0.185 e. The van der Waals surface area contributed by atoms with Crippen molar-refractivity contribution >= 4 is 22.6 Å². The fourth-order valence-electron chi connectivity index (χ4n) is 2.18. The second-order valence-electron chi connectivity index (χ2n) is 4.67. The van der Waals surface area contributed by atoms with Crippen LogP contribution in [0.1, 0.15) is 15.9 Å². The van der Waals surface area contributed by atoms with Gasteiger partial charge < -0.3 is 0 Å². The lowest BCUT2D eigenvalue weighted by atomic mass is 10.1. The van der Waals surface area contributed by atoms with Crippen LogP contribution in [-0.4, -0.2) is 5.78 Å². The molecule has 20 heavy (non-hydrogen) atoms. The lowest BCUT2D eigenvalue weighted by Crippen LogP contribution is -1.92. The molecule has 0 atom stereocenters. The van der Waals surface area contributed by atoms with Gasteiger partial charge in [-0.1, -0.05) is 72.8 Å². The van der Waals surface area contributed by atoms with Crippen LogP contribution in [0.15, 0.2) is 78.9 Å². The lowest BCUT2D eigenvalue weighted by Gasteiger charge is -1.99.